The Kier molecular flexibility index (Phi) is 2.65. The van der Waals surface area contributed by atoms with Crippen LogP contribution in [0.25, 0.3) is 0 Å². The van der Waals surface area contributed by atoms with Crippen LogP contribution in [0.5, 0.6) is 0 Å². The third-order valence-corrected chi connectivity index (χ3v) is 1.87. The lowest BCUT2D eigenvalue weighted by molar-refractivity contribution is -0.180. The van der Waals surface area contributed by atoms with Crippen molar-refractivity contribution < 1.29 is 23.1 Å². The van der Waals surface area contributed by atoms with Crippen LogP contribution in [-0.2, 0) is 0 Å². The van der Waals surface area contributed by atoms with Crippen molar-refractivity contribution in [1.29, 1.82) is 0 Å². The third-order valence-electron chi connectivity index (χ3n) is 1.87. The van der Waals surface area contributed by atoms with Gasteiger partial charge in [-0.3, -0.25) is 4.90 Å². The summed E-state index contributed by atoms with van der Waals surface area (Å²) in [4.78, 5) is 10.8. The number of carboxylic acid groups (broad SMARTS) is 1. The molecule has 0 aromatic carbocycles. The first-order valence-corrected chi connectivity index (χ1v) is 3.70. The van der Waals surface area contributed by atoms with Crippen molar-refractivity contribution in [2.45, 2.75) is 12.2 Å². The number of hydrogen-bond donors (Lipinski definition) is 2. The first-order valence-electron chi connectivity index (χ1n) is 3.70. The topological polar surface area (TPSA) is 52.6 Å². The number of hydrogen-bond acceptors (Lipinski definition) is 2. The van der Waals surface area contributed by atoms with E-state index in [0.29, 0.717) is 4.90 Å². The average molecular weight is 198 g/mol. The summed E-state index contributed by atoms with van der Waals surface area (Å²) in [5, 5.41) is 11.0. The van der Waals surface area contributed by atoms with E-state index in [9.17, 15) is 18.0 Å². The molecule has 76 valence electrons. The highest BCUT2D eigenvalue weighted by Gasteiger charge is 2.46. The highest BCUT2D eigenvalue weighted by molar-refractivity contribution is 5.65. The van der Waals surface area contributed by atoms with Crippen molar-refractivity contribution >= 4 is 6.09 Å². The Morgan fingerprint density at radius 1 is 1.54 bits per heavy atom. The van der Waals surface area contributed by atoms with E-state index < -0.39 is 18.3 Å². The van der Waals surface area contributed by atoms with Gasteiger partial charge in [0.15, 0.2) is 0 Å². The van der Waals surface area contributed by atoms with Crippen molar-refractivity contribution in [3.8, 4) is 0 Å². The minimum absolute atomic E-state index is 0.125. The van der Waals surface area contributed by atoms with Gasteiger partial charge in [-0.25, -0.2) is 4.79 Å². The third kappa shape index (κ3) is 2.24. The van der Waals surface area contributed by atoms with E-state index in [1.807, 2.05) is 0 Å². The van der Waals surface area contributed by atoms with Crippen LogP contribution in [0.3, 0.4) is 0 Å². The van der Waals surface area contributed by atoms with Crippen LogP contribution in [0.2, 0.25) is 0 Å². The number of carbonyl (C=O) groups is 1. The van der Waals surface area contributed by atoms with Gasteiger partial charge in [-0.2, -0.15) is 13.2 Å². The maximum atomic E-state index is 12.2. The lowest BCUT2D eigenvalue weighted by atomic mass is 10.2. The van der Waals surface area contributed by atoms with Gasteiger partial charge in [0.25, 0.3) is 0 Å². The molecule has 0 radical (unpaired) electrons. The quantitative estimate of drug-likeness (QED) is 0.596. The normalized spacial score (nSPS) is 24.5. The fraction of sp³-hybridized carbons (Fsp3) is 0.833. The molecule has 1 atom stereocenters. The van der Waals surface area contributed by atoms with Gasteiger partial charge in [-0.1, -0.05) is 0 Å². The first kappa shape index (κ1) is 10.1. The second kappa shape index (κ2) is 3.41. The smallest absolute Gasteiger partial charge is 0.410 e. The molecule has 0 saturated carbocycles. The van der Waals surface area contributed by atoms with Gasteiger partial charge in [0, 0.05) is 19.6 Å². The zero-order chi connectivity index (χ0) is 10.1. The van der Waals surface area contributed by atoms with Crippen molar-refractivity contribution in [1.82, 2.24) is 10.2 Å². The molecule has 1 amide bonds. The summed E-state index contributed by atoms with van der Waals surface area (Å²) in [6.45, 7) is -0.228. The minimum atomic E-state index is -4.49. The van der Waals surface area contributed by atoms with Gasteiger partial charge >= 0.3 is 12.3 Å². The van der Waals surface area contributed by atoms with Crippen LogP contribution in [0, 0.1) is 0 Å². The van der Waals surface area contributed by atoms with E-state index in [0.717, 1.165) is 0 Å². The summed E-state index contributed by atoms with van der Waals surface area (Å²) in [6.07, 6.45) is -6.02. The molecular weight excluding hydrogens is 189 g/mol. The predicted octanol–water partition coefficient (Wildman–Crippen LogP) is 0.500. The molecule has 1 aliphatic rings. The molecule has 2 N–H and O–H groups in total. The zero-order valence-corrected chi connectivity index (χ0v) is 6.64. The fourth-order valence-corrected chi connectivity index (χ4v) is 1.23. The second-order valence-electron chi connectivity index (χ2n) is 2.74. The molecule has 0 aromatic rings. The first-order chi connectivity index (χ1) is 5.93. The van der Waals surface area contributed by atoms with E-state index >= 15 is 0 Å². The van der Waals surface area contributed by atoms with E-state index in [2.05, 4.69) is 5.32 Å². The molecule has 0 aliphatic carbocycles. The number of piperazine rings is 1. The molecule has 7 heteroatoms. The molecule has 1 heterocycles. The Bertz CT molecular complexity index is 207. The van der Waals surface area contributed by atoms with E-state index in [-0.39, 0.29) is 19.6 Å². The molecular formula is C6H9F3N2O2. The molecule has 4 nitrogen and oxygen atoms in total. The number of nitrogens with one attached hydrogen (secondary N) is 1. The molecule has 1 fully saturated rings. The van der Waals surface area contributed by atoms with Crippen molar-refractivity contribution in [3.05, 3.63) is 0 Å². The monoisotopic (exact) mass is 198 g/mol. The number of amides is 1. The summed E-state index contributed by atoms with van der Waals surface area (Å²) in [6, 6.07) is -1.92. The minimum Gasteiger partial charge on any atom is -0.465 e. The number of nitrogens with zero attached hydrogens (tertiary/aromatic N) is 1. The van der Waals surface area contributed by atoms with Gasteiger partial charge in [-0.15, -0.1) is 0 Å². The SMILES string of the molecule is O=C(O)N1CCNC[C@@H]1C(F)(F)F. The lowest BCUT2D eigenvalue weighted by Crippen LogP contribution is -2.59. The summed E-state index contributed by atoms with van der Waals surface area (Å²) in [5.41, 5.74) is 0. The van der Waals surface area contributed by atoms with Crippen LogP contribution in [0.1, 0.15) is 0 Å². The van der Waals surface area contributed by atoms with Crippen molar-refractivity contribution in [2.75, 3.05) is 19.6 Å². The largest absolute Gasteiger partial charge is 0.465 e. The zero-order valence-electron chi connectivity index (χ0n) is 6.64. The Labute approximate surface area is 72.3 Å². The van der Waals surface area contributed by atoms with Gasteiger partial charge < -0.3 is 10.4 Å². The van der Waals surface area contributed by atoms with Gasteiger partial charge in [0.05, 0.1) is 0 Å². The van der Waals surface area contributed by atoms with Crippen molar-refractivity contribution in [3.63, 3.8) is 0 Å². The van der Waals surface area contributed by atoms with E-state index in [1.54, 1.807) is 0 Å². The van der Waals surface area contributed by atoms with Crippen LogP contribution >= 0.6 is 0 Å². The maximum Gasteiger partial charge on any atom is 0.410 e. The Morgan fingerprint density at radius 3 is 2.54 bits per heavy atom. The highest BCUT2D eigenvalue weighted by Crippen LogP contribution is 2.25. The molecule has 1 aliphatic heterocycles. The highest BCUT2D eigenvalue weighted by atomic mass is 19.4. The van der Waals surface area contributed by atoms with Gasteiger partial charge in [0.1, 0.15) is 6.04 Å². The van der Waals surface area contributed by atoms with Gasteiger partial charge in [-0.05, 0) is 0 Å². The van der Waals surface area contributed by atoms with Crippen LogP contribution in [0.4, 0.5) is 18.0 Å². The molecule has 0 unspecified atom stereocenters. The molecule has 0 spiro atoms. The average Bonchev–Trinajstić information content (AvgIpc) is 2.03. The maximum absolute atomic E-state index is 12.2. The number of alkyl halides is 3. The fourth-order valence-electron chi connectivity index (χ4n) is 1.23. The van der Waals surface area contributed by atoms with Crippen molar-refractivity contribution in [2.24, 2.45) is 0 Å². The molecule has 0 bridgehead atoms. The summed E-state index contributed by atoms with van der Waals surface area (Å²) < 4.78 is 36.6. The Balaban J connectivity index is 2.73. The second-order valence-corrected chi connectivity index (χ2v) is 2.74. The van der Waals surface area contributed by atoms with Crippen LogP contribution in [-0.4, -0.2) is 48.0 Å². The number of halogens is 3. The Hall–Kier alpha value is -0.980. The van der Waals surface area contributed by atoms with Gasteiger partial charge in [0.2, 0.25) is 0 Å². The predicted molar refractivity (Wildman–Crippen MR) is 37.4 cm³/mol. The Morgan fingerprint density at radius 2 is 2.15 bits per heavy atom. The molecule has 1 rings (SSSR count). The molecule has 1 saturated heterocycles. The summed E-state index contributed by atoms with van der Waals surface area (Å²) >= 11 is 0. The molecule has 13 heavy (non-hydrogen) atoms. The lowest BCUT2D eigenvalue weighted by Gasteiger charge is -2.34. The summed E-state index contributed by atoms with van der Waals surface area (Å²) in [7, 11) is 0. The van der Waals surface area contributed by atoms with E-state index in [1.165, 1.54) is 0 Å². The van der Waals surface area contributed by atoms with Crippen LogP contribution < -0.4 is 5.32 Å². The standard InChI is InChI=1S/C6H9F3N2O2/c7-6(8,9)4-3-10-1-2-11(4)5(12)13/h4,10H,1-3H2,(H,12,13)/t4-/m1/s1. The molecule has 0 aromatic heterocycles. The number of rotatable bonds is 0. The summed E-state index contributed by atoms with van der Waals surface area (Å²) in [5.74, 6) is 0. The van der Waals surface area contributed by atoms with E-state index in [4.69, 9.17) is 5.11 Å². The van der Waals surface area contributed by atoms with Crippen LogP contribution in [0.15, 0.2) is 0 Å².